The first-order chi connectivity index (χ1) is 10.2. The van der Waals surface area contributed by atoms with E-state index in [4.69, 9.17) is 4.74 Å². The fourth-order valence-corrected chi connectivity index (χ4v) is 3.04. The van der Waals surface area contributed by atoms with Crippen molar-refractivity contribution in [3.63, 3.8) is 0 Å². The van der Waals surface area contributed by atoms with Gasteiger partial charge in [0.05, 0.1) is 6.61 Å². The average molecular weight is 285 g/mol. The van der Waals surface area contributed by atoms with Crippen LogP contribution >= 0.6 is 0 Å². The van der Waals surface area contributed by atoms with Crippen molar-refractivity contribution in [2.24, 2.45) is 0 Å². The van der Waals surface area contributed by atoms with Gasteiger partial charge in [-0.25, -0.2) is 4.98 Å². The number of nitrogens with zero attached hydrogens (tertiary/aromatic N) is 3. The van der Waals surface area contributed by atoms with Crippen LogP contribution in [0.1, 0.15) is 19.4 Å². The summed E-state index contributed by atoms with van der Waals surface area (Å²) in [6, 6.07) is 7.28. The minimum absolute atomic E-state index is 0.556. The highest BCUT2D eigenvalue weighted by molar-refractivity contribution is 5.67. The van der Waals surface area contributed by atoms with Gasteiger partial charge in [-0.3, -0.25) is 0 Å². The molecule has 3 rings (SSSR count). The normalized spacial score (nSPS) is 14.0. The van der Waals surface area contributed by atoms with Gasteiger partial charge in [-0.1, -0.05) is 0 Å². The first-order valence-corrected chi connectivity index (χ1v) is 7.60. The van der Waals surface area contributed by atoms with E-state index >= 15 is 0 Å². The van der Waals surface area contributed by atoms with Crippen LogP contribution in [0.4, 0.5) is 5.69 Å². The van der Waals surface area contributed by atoms with Crippen LogP contribution in [0.3, 0.4) is 0 Å². The van der Waals surface area contributed by atoms with Crippen molar-refractivity contribution in [2.75, 3.05) is 25.2 Å². The molecular formula is C17H23N3O. The first kappa shape index (κ1) is 14.1. The highest BCUT2D eigenvalue weighted by Crippen LogP contribution is 2.33. The Morgan fingerprint density at radius 2 is 2.19 bits per heavy atom. The van der Waals surface area contributed by atoms with Crippen molar-refractivity contribution in [1.82, 2.24) is 9.55 Å². The monoisotopic (exact) mass is 285 g/mol. The van der Waals surface area contributed by atoms with E-state index in [9.17, 15) is 0 Å². The van der Waals surface area contributed by atoms with E-state index in [1.54, 1.807) is 7.11 Å². The number of fused-ring (bicyclic) bond motifs is 1. The summed E-state index contributed by atoms with van der Waals surface area (Å²) in [5.74, 6) is 1.03. The molecular weight excluding hydrogens is 262 g/mol. The van der Waals surface area contributed by atoms with Gasteiger partial charge < -0.3 is 14.2 Å². The minimum atomic E-state index is 0.556. The molecule has 4 heteroatoms. The Kier molecular flexibility index (Phi) is 3.97. The predicted molar refractivity (Wildman–Crippen MR) is 85.7 cm³/mol. The van der Waals surface area contributed by atoms with Gasteiger partial charge in [0, 0.05) is 49.9 Å². The van der Waals surface area contributed by atoms with Crippen molar-refractivity contribution in [3.8, 4) is 11.4 Å². The number of methoxy groups -OCH3 is 1. The molecule has 0 atom stereocenters. The predicted octanol–water partition coefficient (Wildman–Crippen LogP) is 2.97. The second-order valence-electron chi connectivity index (χ2n) is 5.82. The van der Waals surface area contributed by atoms with E-state index in [1.807, 2.05) is 12.4 Å². The topological polar surface area (TPSA) is 30.3 Å². The van der Waals surface area contributed by atoms with Gasteiger partial charge in [0.25, 0.3) is 0 Å². The summed E-state index contributed by atoms with van der Waals surface area (Å²) in [5, 5.41) is 0. The van der Waals surface area contributed by atoms with Crippen LogP contribution in [-0.4, -0.2) is 35.9 Å². The number of anilines is 1. The van der Waals surface area contributed by atoms with E-state index in [0.29, 0.717) is 12.6 Å². The lowest BCUT2D eigenvalue weighted by Gasteiger charge is -2.24. The third-order valence-electron chi connectivity index (χ3n) is 4.14. The van der Waals surface area contributed by atoms with Crippen molar-refractivity contribution in [3.05, 3.63) is 36.2 Å². The fraction of sp³-hybridized carbons (Fsp3) is 0.471. The molecule has 112 valence electrons. The maximum absolute atomic E-state index is 5.17. The van der Waals surface area contributed by atoms with Crippen molar-refractivity contribution < 1.29 is 4.74 Å². The first-order valence-electron chi connectivity index (χ1n) is 7.60. The van der Waals surface area contributed by atoms with Crippen molar-refractivity contribution in [1.29, 1.82) is 0 Å². The third-order valence-corrected chi connectivity index (χ3v) is 4.14. The summed E-state index contributed by atoms with van der Waals surface area (Å²) in [5.41, 5.74) is 4.01. The molecule has 0 saturated carbocycles. The average Bonchev–Trinajstić information content (AvgIpc) is 3.10. The molecule has 1 aromatic heterocycles. The molecule has 0 N–H and O–H groups in total. The number of hydrogen-bond acceptors (Lipinski definition) is 3. The van der Waals surface area contributed by atoms with E-state index in [1.165, 1.54) is 16.8 Å². The van der Waals surface area contributed by atoms with Gasteiger partial charge >= 0.3 is 0 Å². The standard InChI is InChI=1S/C17H23N3O/c1-13(2)20-8-6-14-12-15(4-5-16(14)20)17-18-7-9-19(17)10-11-21-3/h4-5,7,9,12-13H,6,8,10-11H2,1-3H3. The molecule has 0 fully saturated rings. The Morgan fingerprint density at radius 1 is 1.33 bits per heavy atom. The molecule has 0 amide bonds. The molecule has 0 bridgehead atoms. The number of imidazole rings is 1. The molecule has 4 nitrogen and oxygen atoms in total. The molecule has 1 aliphatic heterocycles. The largest absolute Gasteiger partial charge is 0.383 e. The second kappa shape index (κ2) is 5.90. The number of aromatic nitrogens is 2. The molecule has 1 aromatic carbocycles. The number of hydrogen-bond donors (Lipinski definition) is 0. The lowest BCUT2D eigenvalue weighted by atomic mass is 10.1. The van der Waals surface area contributed by atoms with Gasteiger partial charge in [-0.05, 0) is 44.0 Å². The third kappa shape index (κ3) is 2.68. The Balaban J connectivity index is 1.90. The summed E-state index contributed by atoms with van der Waals surface area (Å²) in [6.07, 6.45) is 5.00. The quantitative estimate of drug-likeness (QED) is 0.846. The molecule has 21 heavy (non-hydrogen) atoms. The molecule has 2 heterocycles. The molecule has 2 aromatic rings. The Labute approximate surface area is 126 Å². The van der Waals surface area contributed by atoms with Crippen LogP contribution in [0, 0.1) is 0 Å². The van der Waals surface area contributed by atoms with Crippen LogP contribution in [0.5, 0.6) is 0 Å². The van der Waals surface area contributed by atoms with E-state index in [0.717, 1.165) is 25.3 Å². The number of benzene rings is 1. The van der Waals surface area contributed by atoms with Gasteiger partial charge in [0.2, 0.25) is 0 Å². The summed E-state index contributed by atoms with van der Waals surface area (Å²) in [4.78, 5) is 6.98. The summed E-state index contributed by atoms with van der Waals surface area (Å²) < 4.78 is 7.32. The Morgan fingerprint density at radius 3 is 2.95 bits per heavy atom. The van der Waals surface area contributed by atoms with Gasteiger partial charge in [0.1, 0.15) is 5.82 Å². The van der Waals surface area contributed by atoms with E-state index in [2.05, 4.69) is 46.5 Å². The molecule has 0 aliphatic carbocycles. The van der Waals surface area contributed by atoms with Crippen molar-refractivity contribution in [2.45, 2.75) is 32.9 Å². The van der Waals surface area contributed by atoms with Crippen LogP contribution in [0.15, 0.2) is 30.6 Å². The van der Waals surface area contributed by atoms with Crippen LogP contribution in [0.2, 0.25) is 0 Å². The molecule has 0 radical (unpaired) electrons. The van der Waals surface area contributed by atoms with Gasteiger partial charge in [-0.2, -0.15) is 0 Å². The molecule has 0 spiro atoms. The smallest absolute Gasteiger partial charge is 0.139 e. The lowest BCUT2D eigenvalue weighted by molar-refractivity contribution is 0.187. The summed E-state index contributed by atoms with van der Waals surface area (Å²) in [7, 11) is 1.73. The number of rotatable bonds is 5. The maximum atomic E-state index is 5.17. The Hall–Kier alpha value is -1.81. The highest BCUT2D eigenvalue weighted by Gasteiger charge is 2.22. The van der Waals surface area contributed by atoms with Crippen LogP contribution in [-0.2, 0) is 17.7 Å². The van der Waals surface area contributed by atoms with Gasteiger partial charge in [0.15, 0.2) is 0 Å². The zero-order valence-corrected chi connectivity index (χ0v) is 13.0. The van der Waals surface area contributed by atoms with Crippen LogP contribution < -0.4 is 4.90 Å². The van der Waals surface area contributed by atoms with Crippen molar-refractivity contribution >= 4 is 5.69 Å². The minimum Gasteiger partial charge on any atom is -0.383 e. The summed E-state index contributed by atoms with van der Waals surface area (Å²) >= 11 is 0. The van der Waals surface area contributed by atoms with E-state index in [-0.39, 0.29) is 0 Å². The lowest BCUT2D eigenvalue weighted by Crippen LogP contribution is -2.28. The molecule has 0 unspecified atom stereocenters. The number of ether oxygens (including phenoxy) is 1. The Bertz CT molecular complexity index is 618. The second-order valence-corrected chi connectivity index (χ2v) is 5.82. The fourth-order valence-electron chi connectivity index (χ4n) is 3.04. The van der Waals surface area contributed by atoms with Crippen LogP contribution in [0.25, 0.3) is 11.4 Å². The van der Waals surface area contributed by atoms with Gasteiger partial charge in [-0.15, -0.1) is 0 Å². The highest BCUT2D eigenvalue weighted by atomic mass is 16.5. The van der Waals surface area contributed by atoms with E-state index < -0.39 is 0 Å². The maximum Gasteiger partial charge on any atom is 0.139 e. The SMILES string of the molecule is COCCn1ccnc1-c1ccc2c(c1)CCN2C(C)C. The molecule has 1 aliphatic rings. The zero-order valence-electron chi connectivity index (χ0n) is 13.0. The summed E-state index contributed by atoms with van der Waals surface area (Å²) in [6.45, 7) is 7.16. The zero-order chi connectivity index (χ0) is 14.8. The molecule has 0 saturated heterocycles.